The molecule has 24 heavy (non-hydrogen) atoms. The number of aromatic amines is 1. The summed E-state index contributed by atoms with van der Waals surface area (Å²) >= 11 is 0. The summed E-state index contributed by atoms with van der Waals surface area (Å²) in [4.78, 5) is 11.7. The van der Waals surface area contributed by atoms with Crippen molar-refractivity contribution in [2.24, 2.45) is 0 Å². The van der Waals surface area contributed by atoms with Gasteiger partial charge in [-0.25, -0.2) is 9.97 Å². The minimum Gasteiger partial charge on any atom is -0.345 e. The van der Waals surface area contributed by atoms with E-state index in [-0.39, 0.29) is 0 Å². The van der Waals surface area contributed by atoms with Crippen molar-refractivity contribution in [2.75, 3.05) is 0 Å². The van der Waals surface area contributed by atoms with E-state index in [1.165, 1.54) is 5.56 Å². The van der Waals surface area contributed by atoms with Crippen LogP contribution in [-0.4, -0.2) is 19.5 Å². The quantitative estimate of drug-likeness (QED) is 0.628. The van der Waals surface area contributed by atoms with Gasteiger partial charge in [0, 0.05) is 24.9 Å². The Hall–Kier alpha value is -3.39. The van der Waals surface area contributed by atoms with E-state index in [2.05, 4.69) is 37.7 Å². The highest BCUT2D eigenvalue weighted by atomic mass is 15.0. The standard InChI is InChI=1S/C19H15N5/c20-9-14-1-3-15(4-2-14)11-24-13-21-10-17(24)7-16-5-6-18-19(8-16)23-12-22-18/h1-6,8,10,12-13H,7,11H2,(H,22,23). The molecule has 0 amide bonds. The lowest BCUT2D eigenvalue weighted by molar-refractivity contribution is 0.753. The smallest absolute Gasteiger partial charge is 0.0991 e. The lowest BCUT2D eigenvalue weighted by Crippen LogP contribution is -2.04. The van der Waals surface area contributed by atoms with E-state index in [4.69, 9.17) is 5.26 Å². The van der Waals surface area contributed by atoms with Crippen molar-refractivity contribution in [3.8, 4) is 6.07 Å². The number of hydrogen-bond donors (Lipinski definition) is 1. The largest absolute Gasteiger partial charge is 0.345 e. The number of nitrogens with one attached hydrogen (secondary N) is 1. The lowest BCUT2D eigenvalue weighted by Gasteiger charge is -2.09. The number of rotatable bonds is 4. The fourth-order valence-electron chi connectivity index (χ4n) is 2.82. The number of fused-ring (bicyclic) bond motifs is 1. The van der Waals surface area contributed by atoms with E-state index in [9.17, 15) is 0 Å². The fourth-order valence-corrected chi connectivity index (χ4v) is 2.82. The lowest BCUT2D eigenvalue weighted by atomic mass is 10.1. The molecule has 0 saturated heterocycles. The third-order valence-electron chi connectivity index (χ3n) is 4.10. The summed E-state index contributed by atoms with van der Waals surface area (Å²) < 4.78 is 2.14. The van der Waals surface area contributed by atoms with Crippen molar-refractivity contribution in [1.82, 2.24) is 19.5 Å². The average Bonchev–Trinajstić information content (AvgIpc) is 3.25. The van der Waals surface area contributed by atoms with Gasteiger partial charge in [-0.15, -0.1) is 0 Å². The minimum absolute atomic E-state index is 0.678. The number of nitrogens with zero attached hydrogens (tertiary/aromatic N) is 4. The fraction of sp³-hybridized carbons (Fsp3) is 0.105. The molecule has 0 bridgehead atoms. The molecule has 0 atom stereocenters. The Balaban J connectivity index is 1.56. The van der Waals surface area contributed by atoms with Crippen LogP contribution in [0.2, 0.25) is 0 Å². The topological polar surface area (TPSA) is 70.3 Å². The second-order valence-corrected chi connectivity index (χ2v) is 5.75. The van der Waals surface area contributed by atoms with Gasteiger partial charge in [0.25, 0.3) is 0 Å². The van der Waals surface area contributed by atoms with Crippen molar-refractivity contribution < 1.29 is 0 Å². The summed E-state index contributed by atoms with van der Waals surface area (Å²) in [5.41, 5.74) is 6.22. The van der Waals surface area contributed by atoms with Gasteiger partial charge in [0.15, 0.2) is 0 Å². The number of H-pyrrole nitrogens is 1. The number of imidazole rings is 2. The zero-order chi connectivity index (χ0) is 16.4. The molecule has 0 aliphatic rings. The Morgan fingerprint density at radius 3 is 2.75 bits per heavy atom. The van der Waals surface area contributed by atoms with Crippen LogP contribution < -0.4 is 0 Å². The third-order valence-corrected chi connectivity index (χ3v) is 4.10. The van der Waals surface area contributed by atoms with Gasteiger partial charge in [-0.2, -0.15) is 5.26 Å². The van der Waals surface area contributed by atoms with Crippen LogP contribution in [0.4, 0.5) is 0 Å². The third kappa shape index (κ3) is 2.77. The van der Waals surface area contributed by atoms with E-state index >= 15 is 0 Å². The molecule has 0 fully saturated rings. The summed E-state index contributed by atoms with van der Waals surface area (Å²) in [6.45, 7) is 0.743. The molecule has 1 N–H and O–H groups in total. The number of nitriles is 1. The highest BCUT2D eigenvalue weighted by Crippen LogP contribution is 2.16. The molecular formula is C19H15N5. The summed E-state index contributed by atoms with van der Waals surface area (Å²) in [5.74, 6) is 0. The van der Waals surface area contributed by atoms with Gasteiger partial charge in [0.1, 0.15) is 0 Å². The van der Waals surface area contributed by atoms with Gasteiger partial charge in [0.2, 0.25) is 0 Å². The van der Waals surface area contributed by atoms with E-state index in [0.717, 1.165) is 35.3 Å². The average molecular weight is 313 g/mol. The second-order valence-electron chi connectivity index (χ2n) is 5.75. The molecule has 4 aromatic rings. The van der Waals surface area contributed by atoms with Gasteiger partial charge in [0.05, 0.1) is 35.3 Å². The van der Waals surface area contributed by atoms with Crippen LogP contribution in [0.5, 0.6) is 0 Å². The van der Waals surface area contributed by atoms with E-state index < -0.39 is 0 Å². The number of hydrogen-bond acceptors (Lipinski definition) is 3. The van der Waals surface area contributed by atoms with Crippen molar-refractivity contribution in [2.45, 2.75) is 13.0 Å². The van der Waals surface area contributed by atoms with Gasteiger partial charge in [-0.3, -0.25) is 0 Å². The summed E-state index contributed by atoms with van der Waals surface area (Å²) in [7, 11) is 0. The Morgan fingerprint density at radius 2 is 1.92 bits per heavy atom. The highest BCUT2D eigenvalue weighted by molar-refractivity contribution is 5.75. The SMILES string of the molecule is N#Cc1ccc(Cn2cncc2Cc2ccc3nc[nH]c3c2)cc1. The summed E-state index contributed by atoms with van der Waals surface area (Å²) in [5, 5.41) is 8.88. The molecule has 5 heteroatoms. The maximum absolute atomic E-state index is 8.88. The first kappa shape index (κ1) is 14.2. The maximum atomic E-state index is 8.88. The van der Waals surface area contributed by atoms with Crippen LogP contribution >= 0.6 is 0 Å². The Kier molecular flexibility index (Phi) is 3.56. The Labute approximate surface area is 139 Å². The Bertz CT molecular complexity index is 1020. The molecule has 5 nitrogen and oxygen atoms in total. The van der Waals surface area contributed by atoms with Gasteiger partial charge < -0.3 is 9.55 Å². The van der Waals surface area contributed by atoms with E-state index in [0.29, 0.717) is 5.56 Å². The van der Waals surface area contributed by atoms with E-state index in [1.807, 2.05) is 42.9 Å². The van der Waals surface area contributed by atoms with Crippen LogP contribution in [-0.2, 0) is 13.0 Å². The van der Waals surface area contributed by atoms with Gasteiger partial charge in [-0.05, 0) is 35.4 Å². The van der Waals surface area contributed by atoms with Crippen LogP contribution in [0.25, 0.3) is 11.0 Å². The van der Waals surface area contributed by atoms with Crippen LogP contribution in [0.1, 0.15) is 22.4 Å². The molecule has 0 aliphatic heterocycles. The van der Waals surface area contributed by atoms with Gasteiger partial charge >= 0.3 is 0 Å². The molecular weight excluding hydrogens is 298 g/mol. The Morgan fingerprint density at radius 1 is 1.08 bits per heavy atom. The first-order valence-electron chi connectivity index (χ1n) is 7.72. The molecule has 2 aromatic carbocycles. The monoisotopic (exact) mass is 313 g/mol. The summed E-state index contributed by atoms with van der Waals surface area (Å²) in [6, 6.07) is 16.1. The molecule has 0 radical (unpaired) electrons. The van der Waals surface area contributed by atoms with Crippen LogP contribution in [0.3, 0.4) is 0 Å². The van der Waals surface area contributed by atoms with Crippen molar-refractivity contribution in [3.63, 3.8) is 0 Å². The summed E-state index contributed by atoms with van der Waals surface area (Å²) in [6.07, 6.45) is 6.28. The zero-order valence-electron chi connectivity index (χ0n) is 13.0. The second kappa shape index (κ2) is 6.01. The molecule has 4 rings (SSSR count). The maximum Gasteiger partial charge on any atom is 0.0991 e. The van der Waals surface area contributed by atoms with Crippen LogP contribution in [0.15, 0.2) is 61.3 Å². The van der Waals surface area contributed by atoms with Crippen LogP contribution in [0, 0.1) is 11.3 Å². The zero-order valence-corrected chi connectivity index (χ0v) is 13.0. The predicted octanol–water partition coefficient (Wildman–Crippen LogP) is 3.27. The predicted molar refractivity (Wildman–Crippen MR) is 91.4 cm³/mol. The molecule has 0 unspecified atom stereocenters. The van der Waals surface area contributed by atoms with E-state index in [1.54, 1.807) is 6.33 Å². The molecule has 0 saturated carbocycles. The number of benzene rings is 2. The first-order valence-corrected chi connectivity index (χ1v) is 7.72. The highest BCUT2D eigenvalue weighted by Gasteiger charge is 2.06. The molecule has 116 valence electrons. The van der Waals surface area contributed by atoms with Crippen molar-refractivity contribution in [1.29, 1.82) is 5.26 Å². The molecule has 0 aliphatic carbocycles. The normalized spacial score (nSPS) is 10.8. The van der Waals surface area contributed by atoms with Gasteiger partial charge in [-0.1, -0.05) is 18.2 Å². The molecule has 0 spiro atoms. The van der Waals surface area contributed by atoms with Crippen molar-refractivity contribution in [3.05, 3.63) is 83.7 Å². The molecule has 2 heterocycles. The number of aromatic nitrogens is 4. The minimum atomic E-state index is 0.678. The van der Waals surface area contributed by atoms with Crippen molar-refractivity contribution >= 4 is 11.0 Å². The molecule has 2 aromatic heterocycles. The first-order chi connectivity index (χ1) is 11.8.